The molecule has 1 amide bonds. The van der Waals surface area contributed by atoms with E-state index in [4.69, 9.17) is 4.74 Å². The molecule has 3 heterocycles. The molecule has 152 valence electrons. The van der Waals surface area contributed by atoms with E-state index in [1.54, 1.807) is 17.8 Å². The van der Waals surface area contributed by atoms with Crippen LogP contribution in [0, 0.1) is 13.8 Å². The summed E-state index contributed by atoms with van der Waals surface area (Å²) in [5, 5.41) is 7.45. The predicted octanol–water partition coefficient (Wildman–Crippen LogP) is 2.92. The Morgan fingerprint density at radius 1 is 1.24 bits per heavy atom. The minimum absolute atomic E-state index is 0.106. The Morgan fingerprint density at radius 2 is 2.03 bits per heavy atom. The molecule has 1 saturated heterocycles. The highest BCUT2D eigenvalue weighted by molar-refractivity contribution is 5.99. The third kappa shape index (κ3) is 3.96. The summed E-state index contributed by atoms with van der Waals surface area (Å²) in [6, 6.07) is 10.2. The van der Waals surface area contributed by atoms with Crippen LogP contribution < -0.4 is 10.1 Å². The maximum atomic E-state index is 13.0. The molecule has 0 unspecified atom stereocenters. The van der Waals surface area contributed by atoms with E-state index < -0.39 is 0 Å². The molecule has 0 bridgehead atoms. The minimum Gasteiger partial charge on any atom is -0.497 e. The Morgan fingerprint density at radius 3 is 2.79 bits per heavy atom. The fraction of sp³-hybridized carbons (Fsp3) is 0.409. The number of amides is 1. The fourth-order valence-corrected chi connectivity index (χ4v) is 4.08. The number of ether oxygens (including phenoxy) is 1. The predicted molar refractivity (Wildman–Crippen MR) is 111 cm³/mol. The lowest BCUT2D eigenvalue weighted by Gasteiger charge is -2.28. The molecule has 1 aliphatic heterocycles. The molecule has 1 aromatic carbocycles. The van der Waals surface area contributed by atoms with Crippen LogP contribution in [0.4, 0.5) is 0 Å². The van der Waals surface area contributed by atoms with Crippen molar-refractivity contribution in [3.8, 4) is 5.75 Å². The number of aromatic nitrogens is 3. The fourth-order valence-electron chi connectivity index (χ4n) is 4.08. The Labute approximate surface area is 170 Å². The zero-order chi connectivity index (χ0) is 20.4. The van der Waals surface area contributed by atoms with Crippen molar-refractivity contribution in [3.05, 3.63) is 59.0 Å². The summed E-state index contributed by atoms with van der Waals surface area (Å²) in [6.45, 7) is 6.48. The largest absolute Gasteiger partial charge is 0.497 e. The van der Waals surface area contributed by atoms with E-state index in [-0.39, 0.29) is 11.9 Å². The van der Waals surface area contributed by atoms with Crippen LogP contribution in [0.2, 0.25) is 0 Å². The zero-order valence-electron chi connectivity index (χ0n) is 17.2. The van der Waals surface area contributed by atoms with Crippen molar-refractivity contribution in [2.45, 2.75) is 32.7 Å². The molecule has 29 heavy (non-hydrogen) atoms. The van der Waals surface area contributed by atoms with Gasteiger partial charge < -0.3 is 10.1 Å². The first-order valence-corrected chi connectivity index (χ1v) is 10.0. The van der Waals surface area contributed by atoms with Crippen LogP contribution >= 0.6 is 0 Å². The first kappa shape index (κ1) is 19.4. The van der Waals surface area contributed by atoms with Gasteiger partial charge in [0.25, 0.3) is 5.91 Å². The number of carbonyl (C=O) groups is 1. The lowest BCUT2D eigenvalue weighted by Crippen LogP contribution is -2.36. The van der Waals surface area contributed by atoms with Crippen LogP contribution in [0.5, 0.6) is 5.75 Å². The summed E-state index contributed by atoms with van der Waals surface area (Å²) < 4.78 is 7.11. The van der Waals surface area contributed by atoms with Gasteiger partial charge in [-0.2, -0.15) is 5.10 Å². The summed E-state index contributed by atoms with van der Waals surface area (Å²) >= 11 is 0. The number of nitrogens with one attached hydrogen (secondary N) is 1. The number of hydrogen-bond donors (Lipinski definition) is 1. The summed E-state index contributed by atoms with van der Waals surface area (Å²) in [6.07, 6.45) is 3.97. The molecule has 1 atom stereocenters. The van der Waals surface area contributed by atoms with Gasteiger partial charge in [-0.3, -0.25) is 9.69 Å². The van der Waals surface area contributed by atoms with E-state index in [0.29, 0.717) is 17.8 Å². The number of fused-ring (bicyclic) bond motifs is 1. The summed E-state index contributed by atoms with van der Waals surface area (Å²) in [7, 11) is 1.67. The van der Waals surface area contributed by atoms with Gasteiger partial charge in [0.1, 0.15) is 11.3 Å². The Bertz CT molecular complexity index is 1020. The van der Waals surface area contributed by atoms with Crippen LogP contribution in [0.1, 0.15) is 46.2 Å². The molecule has 1 N–H and O–H groups in total. The van der Waals surface area contributed by atoms with Gasteiger partial charge in [0.05, 0.1) is 19.3 Å². The van der Waals surface area contributed by atoms with Gasteiger partial charge in [0.15, 0.2) is 5.65 Å². The van der Waals surface area contributed by atoms with Crippen LogP contribution in [0.15, 0.2) is 36.5 Å². The van der Waals surface area contributed by atoms with Crippen molar-refractivity contribution in [2.24, 2.45) is 0 Å². The standard InChI is InChI=1S/C22H27N5O2/c1-15-11-16(2)27-21(25-15)19(13-24-27)22(28)23-14-20(26-9-4-5-10-26)17-7-6-8-18(12-17)29-3/h6-8,11-13,20H,4-5,9-10,14H2,1-3H3,(H,23,28)/t20-/m0/s1. The van der Waals surface area contributed by atoms with Crippen molar-refractivity contribution >= 4 is 11.6 Å². The Balaban J connectivity index is 1.56. The summed E-state index contributed by atoms with van der Waals surface area (Å²) in [5.74, 6) is 0.681. The number of methoxy groups -OCH3 is 1. The Hall–Kier alpha value is -2.93. The molecule has 0 radical (unpaired) electrons. The molecule has 7 heteroatoms. The maximum absolute atomic E-state index is 13.0. The van der Waals surface area contributed by atoms with Crippen molar-refractivity contribution in [1.82, 2.24) is 24.8 Å². The molecule has 0 saturated carbocycles. The molecular formula is C22H27N5O2. The molecule has 3 aromatic rings. The van der Waals surface area contributed by atoms with Gasteiger partial charge in [0.2, 0.25) is 0 Å². The highest BCUT2D eigenvalue weighted by Crippen LogP contribution is 2.27. The van der Waals surface area contributed by atoms with Crippen molar-refractivity contribution in [3.63, 3.8) is 0 Å². The van der Waals surface area contributed by atoms with E-state index in [1.807, 2.05) is 32.0 Å². The topological polar surface area (TPSA) is 71.8 Å². The van der Waals surface area contributed by atoms with Gasteiger partial charge in [-0.1, -0.05) is 12.1 Å². The minimum atomic E-state index is -0.149. The lowest BCUT2D eigenvalue weighted by molar-refractivity contribution is 0.0939. The van der Waals surface area contributed by atoms with Gasteiger partial charge in [-0.05, 0) is 63.5 Å². The SMILES string of the molecule is COc1cccc([C@H](CNC(=O)c2cnn3c(C)cc(C)nc23)N2CCCC2)c1. The molecule has 2 aromatic heterocycles. The number of benzene rings is 1. The number of rotatable bonds is 6. The van der Waals surface area contributed by atoms with Crippen LogP contribution in [0.3, 0.4) is 0 Å². The monoisotopic (exact) mass is 393 g/mol. The second kappa shape index (κ2) is 8.21. The first-order valence-electron chi connectivity index (χ1n) is 10.0. The zero-order valence-corrected chi connectivity index (χ0v) is 17.2. The van der Waals surface area contributed by atoms with E-state index in [9.17, 15) is 4.79 Å². The molecular weight excluding hydrogens is 366 g/mol. The Kier molecular flexibility index (Phi) is 5.49. The summed E-state index contributed by atoms with van der Waals surface area (Å²) in [4.78, 5) is 19.9. The third-order valence-corrected chi connectivity index (χ3v) is 5.54. The van der Waals surface area contributed by atoms with Crippen molar-refractivity contribution in [1.29, 1.82) is 0 Å². The summed E-state index contributed by atoms with van der Waals surface area (Å²) in [5.41, 5.74) is 4.08. The molecule has 7 nitrogen and oxygen atoms in total. The van der Waals surface area contributed by atoms with Crippen LogP contribution in [0.25, 0.3) is 5.65 Å². The van der Waals surface area contributed by atoms with E-state index in [2.05, 4.69) is 32.4 Å². The molecule has 0 aliphatic carbocycles. The number of likely N-dealkylation sites (tertiary alicyclic amines) is 1. The lowest BCUT2D eigenvalue weighted by atomic mass is 10.0. The van der Waals surface area contributed by atoms with Crippen LogP contribution in [-0.2, 0) is 0 Å². The van der Waals surface area contributed by atoms with Crippen LogP contribution in [-0.4, -0.2) is 52.1 Å². The van der Waals surface area contributed by atoms with E-state index in [1.165, 1.54) is 12.8 Å². The van der Waals surface area contributed by atoms with E-state index in [0.717, 1.165) is 35.8 Å². The quantitative estimate of drug-likeness (QED) is 0.697. The smallest absolute Gasteiger partial charge is 0.256 e. The molecule has 4 rings (SSSR count). The van der Waals surface area contributed by atoms with Gasteiger partial charge in [-0.15, -0.1) is 0 Å². The average molecular weight is 393 g/mol. The van der Waals surface area contributed by atoms with E-state index >= 15 is 0 Å². The van der Waals surface area contributed by atoms with Gasteiger partial charge in [0, 0.05) is 17.9 Å². The van der Waals surface area contributed by atoms with Crippen molar-refractivity contribution in [2.75, 3.05) is 26.7 Å². The average Bonchev–Trinajstić information content (AvgIpc) is 3.38. The second-order valence-corrected chi connectivity index (χ2v) is 7.58. The normalized spacial score (nSPS) is 15.6. The molecule has 1 fully saturated rings. The number of hydrogen-bond acceptors (Lipinski definition) is 5. The van der Waals surface area contributed by atoms with Gasteiger partial charge in [-0.25, -0.2) is 9.50 Å². The highest BCUT2D eigenvalue weighted by Gasteiger charge is 2.25. The number of carbonyl (C=O) groups excluding carboxylic acids is 1. The van der Waals surface area contributed by atoms with Gasteiger partial charge >= 0.3 is 0 Å². The molecule has 1 aliphatic rings. The van der Waals surface area contributed by atoms with Crippen molar-refractivity contribution < 1.29 is 9.53 Å². The maximum Gasteiger partial charge on any atom is 0.256 e. The highest BCUT2D eigenvalue weighted by atomic mass is 16.5. The number of nitrogens with zero attached hydrogens (tertiary/aromatic N) is 4. The third-order valence-electron chi connectivity index (χ3n) is 5.54. The second-order valence-electron chi connectivity index (χ2n) is 7.58. The molecule has 0 spiro atoms. The first-order chi connectivity index (χ1) is 14.1. The number of aryl methyl sites for hydroxylation is 2.